The van der Waals surface area contributed by atoms with Crippen LogP contribution < -0.4 is 0 Å². The Hall–Kier alpha value is -1.25. The number of phenols is 1. The fourth-order valence-electron chi connectivity index (χ4n) is 1.32. The van der Waals surface area contributed by atoms with Gasteiger partial charge in [-0.05, 0) is 48.5 Å². The zero-order chi connectivity index (χ0) is 13.9. The number of azo groups is 1. The first-order valence-electron chi connectivity index (χ1n) is 5.23. The van der Waals surface area contributed by atoms with Crippen molar-refractivity contribution < 1.29 is 18.1 Å². The van der Waals surface area contributed by atoms with Crippen LogP contribution in [0.1, 0.15) is 0 Å². The number of hydrogen-bond acceptors (Lipinski definition) is 5. The standard InChI is InChI=1S/C12H10N2O4S.Na.H/c15-11-5-1-9(2-6-11)13-14-10-3-7-12(8-4-10)19(16,17)18;;/h1-8,15H,(H,16,17,18);;/b14-13+;;. The van der Waals surface area contributed by atoms with E-state index in [0.29, 0.717) is 11.4 Å². The zero-order valence-corrected chi connectivity index (χ0v) is 10.4. The Morgan fingerprint density at radius 1 is 0.800 bits per heavy atom. The van der Waals surface area contributed by atoms with Gasteiger partial charge in [-0.1, -0.05) is 0 Å². The second kappa shape index (κ2) is 6.96. The first-order chi connectivity index (χ1) is 8.95. The van der Waals surface area contributed by atoms with Crippen molar-refractivity contribution in [3.63, 3.8) is 0 Å². The number of hydrogen-bond donors (Lipinski definition) is 2. The molecule has 2 aromatic carbocycles. The van der Waals surface area contributed by atoms with E-state index in [9.17, 15) is 8.42 Å². The maximum atomic E-state index is 10.8. The molecule has 0 atom stereocenters. The molecule has 2 aromatic rings. The Balaban J connectivity index is 0.00000200. The molecule has 0 saturated carbocycles. The van der Waals surface area contributed by atoms with Gasteiger partial charge in [-0.25, -0.2) is 0 Å². The van der Waals surface area contributed by atoms with Crippen LogP contribution in [0.2, 0.25) is 0 Å². The quantitative estimate of drug-likeness (QED) is 0.516. The van der Waals surface area contributed by atoms with Gasteiger partial charge >= 0.3 is 29.6 Å². The van der Waals surface area contributed by atoms with E-state index < -0.39 is 10.1 Å². The Labute approximate surface area is 138 Å². The van der Waals surface area contributed by atoms with Crippen LogP contribution in [0.4, 0.5) is 11.4 Å². The molecule has 0 aliphatic heterocycles. The van der Waals surface area contributed by atoms with Crippen LogP contribution in [0.15, 0.2) is 63.7 Å². The third-order valence-corrected chi connectivity index (χ3v) is 3.13. The van der Waals surface area contributed by atoms with Crippen molar-refractivity contribution in [1.82, 2.24) is 0 Å². The molecule has 0 saturated heterocycles. The van der Waals surface area contributed by atoms with Crippen LogP contribution in [0, 0.1) is 0 Å². The van der Waals surface area contributed by atoms with Crippen LogP contribution in [-0.2, 0) is 10.1 Å². The Morgan fingerprint density at radius 2 is 1.20 bits per heavy atom. The molecule has 0 radical (unpaired) electrons. The molecular weight excluding hydrogens is 291 g/mol. The Morgan fingerprint density at radius 3 is 1.60 bits per heavy atom. The minimum atomic E-state index is -4.19. The van der Waals surface area contributed by atoms with Crippen LogP contribution in [0.25, 0.3) is 0 Å². The summed E-state index contributed by atoms with van der Waals surface area (Å²) in [7, 11) is -4.19. The van der Waals surface area contributed by atoms with E-state index in [4.69, 9.17) is 9.66 Å². The molecule has 0 spiro atoms. The molecular formula is C12H11N2NaO4S. The molecule has 0 bridgehead atoms. The van der Waals surface area contributed by atoms with Crippen LogP contribution in [0.5, 0.6) is 5.75 Å². The van der Waals surface area contributed by atoms with Crippen molar-refractivity contribution in [1.29, 1.82) is 0 Å². The second-order valence-corrected chi connectivity index (χ2v) is 5.11. The number of benzene rings is 2. The summed E-state index contributed by atoms with van der Waals surface area (Å²) in [6.45, 7) is 0. The molecule has 0 amide bonds. The van der Waals surface area contributed by atoms with Crippen molar-refractivity contribution in [3.05, 3.63) is 48.5 Å². The van der Waals surface area contributed by atoms with Crippen molar-refractivity contribution >= 4 is 51.1 Å². The van der Waals surface area contributed by atoms with Crippen molar-refractivity contribution in [2.45, 2.75) is 4.90 Å². The third kappa shape index (κ3) is 4.69. The monoisotopic (exact) mass is 302 g/mol. The van der Waals surface area contributed by atoms with Crippen LogP contribution in [-0.4, -0.2) is 47.6 Å². The zero-order valence-electron chi connectivity index (χ0n) is 9.63. The third-order valence-electron chi connectivity index (χ3n) is 2.27. The van der Waals surface area contributed by atoms with E-state index in [0.717, 1.165) is 0 Å². The molecule has 0 fully saturated rings. The van der Waals surface area contributed by atoms with Gasteiger partial charge in [0, 0.05) is 0 Å². The summed E-state index contributed by atoms with van der Waals surface area (Å²) < 4.78 is 30.5. The van der Waals surface area contributed by atoms with Gasteiger partial charge in [0.2, 0.25) is 0 Å². The maximum absolute atomic E-state index is 10.8. The summed E-state index contributed by atoms with van der Waals surface area (Å²) >= 11 is 0. The fraction of sp³-hybridized carbons (Fsp3) is 0. The van der Waals surface area contributed by atoms with E-state index in [-0.39, 0.29) is 40.2 Å². The SMILES string of the molecule is O=S(=O)(O)c1ccc(/N=N/c2ccc(O)cc2)cc1.[NaH]. The van der Waals surface area contributed by atoms with E-state index in [1.54, 1.807) is 12.1 Å². The molecule has 100 valence electrons. The summed E-state index contributed by atoms with van der Waals surface area (Å²) in [5.41, 5.74) is 0.997. The van der Waals surface area contributed by atoms with Gasteiger partial charge in [0.05, 0.1) is 16.3 Å². The second-order valence-electron chi connectivity index (χ2n) is 3.69. The predicted molar refractivity (Wildman–Crippen MR) is 75.7 cm³/mol. The molecule has 2 N–H and O–H groups in total. The molecule has 0 unspecified atom stereocenters. The predicted octanol–water partition coefficient (Wildman–Crippen LogP) is 2.41. The summed E-state index contributed by atoms with van der Waals surface area (Å²) in [4.78, 5) is -0.198. The van der Waals surface area contributed by atoms with E-state index in [1.165, 1.54) is 36.4 Å². The average Bonchev–Trinajstić information content (AvgIpc) is 2.37. The number of nitrogens with zero attached hydrogens (tertiary/aromatic N) is 2. The summed E-state index contributed by atoms with van der Waals surface area (Å²) in [5.74, 6) is 0.136. The molecule has 0 aliphatic carbocycles. The molecule has 6 nitrogen and oxygen atoms in total. The van der Waals surface area contributed by atoms with Crippen molar-refractivity contribution in [2.24, 2.45) is 10.2 Å². The van der Waals surface area contributed by atoms with Gasteiger partial charge in [0.1, 0.15) is 5.75 Å². The topological polar surface area (TPSA) is 99.3 Å². The average molecular weight is 302 g/mol. The molecule has 0 aromatic heterocycles. The molecule has 8 heteroatoms. The van der Waals surface area contributed by atoms with Crippen molar-refractivity contribution in [2.75, 3.05) is 0 Å². The number of aromatic hydroxyl groups is 1. The summed E-state index contributed by atoms with van der Waals surface area (Å²) in [6, 6.07) is 11.5. The fourth-order valence-corrected chi connectivity index (χ4v) is 1.80. The molecule has 20 heavy (non-hydrogen) atoms. The summed E-state index contributed by atoms with van der Waals surface area (Å²) in [5, 5.41) is 16.9. The van der Waals surface area contributed by atoms with Gasteiger partial charge in [-0.15, -0.1) is 0 Å². The van der Waals surface area contributed by atoms with E-state index >= 15 is 0 Å². The first-order valence-corrected chi connectivity index (χ1v) is 6.67. The van der Waals surface area contributed by atoms with Crippen molar-refractivity contribution in [3.8, 4) is 5.75 Å². The first kappa shape index (κ1) is 16.8. The van der Waals surface area contributed by atoms with Crippen LogP contribution in [0.3, 0.4) is 0 Å². The minimum absolute atomic E-state index is 0. The Bertz CT molecular complexity index is 697. The van der Waals surface area contributed by atoms with E-state index in [1.807, 2.05) is 0 Å². The van der Waals surface area contributed by atoms with Crippen LogP contribution >= 0.6 is 0 Å². The molecule has 2 rings (SSSR count). The number of rotatable bonds is 3. The normalized spacial score (nSPS) is 11.2. The summed E-state index contributed by atoms with van der Waals surface area (Å²) in [6.07, 6.45) is 0. The molecule has 0 aliphatic rings. The van der Waals surface area contributed by atoms with Gasteiger partial charge in [-0.2, -0.15) is 18.6 Å². The molecule has 0 heterocycles. The van der Waals surface area contributed by atoms with Gasteiger partial charge in [0.25, 0.3) is 10.1 Å². The van der Waals surface area contributed by atoms with Gasteiger partial charge < -0.3 is 5.11 Å². The van der Waals surface area contributed by atoms with E-state index in [2.05, 4.69) is 10.2 Å². The number of phenolic OH excluding ortho intramolecular Hbond substituents is 1. The Kier molecular flexibility index (Phi) is 5.85. The van der Waals surface area contributed by atoms with Gasteiger partial charge in [0.15, 0.2) is 0 Å². The van der Waals surface area contributed by atoms with Gasteiger partial charge in [-0.3, -0.25) is 4.55 Å².